The number of nitriles is 1. The lowest BCUT2D eigenvalue weighted by atomic mass is 9.53. The quantitative estimate of drug-likeness (QED) is 0.786. The zero-order valence-corrected chi connectivity index (χ0v) is 11.9. The molecule has 0 aromatic carbocycles. The first kappa shape index (κ1) is 12.2. The molecule has 20 heavy (non-hydrogen) atoms. The van der Waals surface area contributed by atoms with Crippen LogP contribution in [0.15, 0.2) is 17.1 Å². The maximum atomic E-state index is 11.8. The highest BCUT2D eigenvalue weighted by molar-refractivity contribution is 5.29. The molecular weight excluding hydrogens is 248 g/mol. The Bertz CT molecular complexity index is 629. The van der Waals surface area contributed by atoms with Gasteiger partial charge in [-0.3, -0.25) is 4.79 Å². The van der Waals surface area contributed by atoms with E-state index in [2.05, 4.69) is 10.6 Å². The number of pyridine rings is 1. The van der Waals surface area contributed by atoms with Crippen LogP contribution >= 0.6 is 0 Å². The van der Waals surface area contributed by atoms with Crippen LogP contribution in [0.25, 0.3) is 0 Å². The van der Waals surface area contributed by atoms with Crippen molar-refractivity contribution >= 4 is 0 Å². The Balaban J connectivity index is 1.85. The van der Waals surface area contributed by atoms with E-state index in [-0.39, 0.29) is 11.0 Å². The first-order valence-corrected chi connectivity index (χ1v) is 7.73. The molecule has 1 heterocycles. The SMILES string of the molecule is Cc1cc(=O)c(C#N)cn1C12CC3CC(CC(C3)C1)C2. The van der Waals surface area contributed by atoms with E-state index in [1.807, 2.05) is 13.1 Å². The number of aryl methyl sites for hydroxylation is 1. The van der Waals surface area contributed by atoms with Gasteiger partial charge >= 0.3 is 0 Å². The van der Waals surface area contributed by atoms with Crippen LogP contribution in [0, 0.1) is 36.0 Å². The molecule has 0 spiro atoms. The predicted octanol–water partition coefficient (Wildman–Crippen LogP) is 2.95. The van der Waals surface area contributed by atoms with Crippen molar-refractivity contribution < 1.29 is 0 Å². The molecule has 4 aliphatic carbocycles. The maximum Gasteiger partial charge on any atom is 0.199 e. The van der Waals surface area contributed by atoms with Crippen LogP contribution in [-0.4, -0.2) is 4.57 Å². The summed E-state index contributed by atoms with van der Waals surface area (Å²) in [7, 11) is 0. The summed E-state index contributed by atoms with van der Waals surface area (Å²) in [6, 6.07) is 3.71. The predicted molar refractivity (Wildman–Crippen MR) is 76.3 cm³/mol. The maximum absolute atomic E-state index is 11.8. The molecule has 0 radical (unpaired) electrons. The summed E-state index contributed by atoms with van der Waals surface area (Å²) in [4.78, 5) is 11.8. The molecule has 1 aromatic heterocycles. The summed E-state index contributed by atoms with van der Waals surface area (Å²) in [5.41, 5.74) is 1.38. The van der Waals surface area contributed by atoms with Crippen molar-refractivity contribution in [2.75, 3.05) is 0 Å². The minimum Gasteiger partial charge on any atom is -0.344 e. The van der Waals surface area contributed by atoms with Gasteiger partial charge in [-0.25, -0.2) is 0 Å². The van der Waals surface area contributed by atoms with Gasteiger partial charge in [0.15, 0.2) is 5.43 Å². The molecule has 4 bridgehead atoms. The molecule has 0 unspecified atom stereocenters. The topological polar surface area (TPSA) is 45.8 Å². The summed E-state index contributed by atoms with van der Waals surface area (Å²) >= 11 is 0. The van der Waals surface area contributed by atoms with E-state index >= 15 is 0 Å². The van der Waals surface area contributed by atoms with Crippen LogP contribution in [-0.2, 0) is 5.54 Å². The van der Waals surface area contributed by atoms with E-state index in [1.54, 1.807) is 6.07 Å². The number of rotatable bonds is 1. The van der Waals surface area contributed by atoms with Crippen molar-refractivity contribution in [2.45, 2.75) is 51.0 Å². The van der Waals surface area contributed by atoms with Gasteiger partial charge in [0, 0.05) is 23.5 Å². The highest BCUT2D eigenvalue weighted by atomic mass is 16.1. The van der Waals surface area contributed by atoms with E-state index in [9.17, 15) is 4.79 Å². The molecule has 0 aliphatic heterocycles. The average Bonchev–Trinajstić information content (AvgIpc) is 2.36. The third kappa shape index (κ3) is 1.60. The zero-order chi connectivity index (χ0) is 13.9. The Morgan fingerprint density at radius 1 is 1.20 bits per heavy atom. The second-order valence-electron chi connectivity index (χ2n) is 7.32. The molecule has 3 heteroatoms. The van der Waals surface area contributed by atoms with Crippen molar-refractivity contribution in [3.05, 3.63) is 33.7 Å². The molecule has 4 fully saturated rings. The van der Waals surface area contributed by atoms with Gasteiger partial charge in [-0.2, -0.15) is 5.26 Å². The van der Waals surface area contributed by atoms with Crippen LogP contribution in [0.1, 0.15) is 49.8 Å². The smallest absolute Gasteiger partial charge is 0.199 e. The second-order valence-corrected chi connectivity index (χ2v) is 7.32. The fourth-order valence-corrected chi connectivity index (χ4v) is 5.59. The fraction of sp³-hybridized carbons (Fsp3) is 0.647. The molecule has 104 valence electrons. The Morgan fingerprint density at radius 3 is 2.25 bits per heavy atom. The number of hydrogen-bond acceptors (Lipinski definition) is 2. The van der Waals surface area contributed by atoms with Crippen LogP contribution in [0.4, 0.5) is 0 Å². The van der Waals surface area contributed by atoms with Crippen molar-refractivity contribution in [2.24, 2.45) is 17.8 Å². The van der Waals surface area contributed by atoms with Gasteiger partial charge in [0.25, 0.3) is 0 Å². The van der Waals surface area contributed by atoms with Crippen molar-refractivity contribution in [3.8, 4) is 6.07 Å². The van der Waals surface area contributed by atoms with Crippen LogP contribution in [0.5, 0.6) is 0 Å². The number of aromatic nitrogens is 1. The average molecular weight is 268 g/mol. The molecule has 4 aliphatic rings. The van der Waals surface area contributed by atoms with Crippen LogP contribution in [0.2, 0.25) is 0 Å². The Labute approximate surface area is 119 Å². The standard InChI is InChI=1S/C17H20N2O/c1-11-2-16(20)15(9-18)10-19(11)17-6-12-3-13(7-17)5-14(4-12)8-17/h2,10,12-14H,3-8H2,1H3. The van der Waals surface area contributed by atoms with E-state index in [1.165, 1.54) is 38.5 Å². The minimum atomic E-state index is -0.133. The lowest BCUT2D eigenvalue weighted by molar-refractivity contribution is -0.0443. The molecule has 0 N–H and O–H groups in total. The molecule has 3 nitrogen and oxygen atoms in total. The highest BCUT2D eigenvalue weighted by Crippen LogP contribution is 2.58. The first-order valence-electron chi connectivity index (χ1n) is 7.73. The van der Waals surface area contributed by atoms with Crippen molar-refractivity contribution in [1.82, 2.24) is 4.57 Å². The summed E-state index contributed by atoms with van der Waals surface area (Å²) in [6.07, 6.45) is 9.79. The van der Waals surface area contributed by atoms with Gasteiger partial charge in [0.2, 0.25) is 0 Å². The van der Waals surface area contributed by atoms with Gasteiger partial charge in [-0.1, -0.05) is 0 Å². The van der Waals surface area contributed by atoms with E-state index in [0.717, 1.165) is 23.4 Å². The highest BCUT2D eigenvalue weighted by Gasteiger charge is 2.51. The van der Waals surface area contributed by atoms with E-state index in [0.29, 0.717) is 5.56 Å². The number of hydrogen-bond donors (Lipinski definition) is 0. The molecule has 0 saturated heterocycles. The third-order valence-electron chi connectivity index (χ3n) is 5.88. The molecular formula is C17H20N2O. The summed E-state index contributed by atoms with van der Waals surface area (Å²) in [5.74, 6) is 2.60. The molecule has 4 saturated carbocycles. The van der Waals surface area contributed by atoms with Gasteiger partial charge in [0.1, 0.15) is 11.6 Å². The van der Waals surface area contributed by atoms with E-state index in [4.69, 9.17) is 5.26 Å². The summed E-state index contributed by atoms with van der Waals surface area (Å²) < 4.78 is 2.29. The van der Waals surface area contributed by atoms with Crippen molar-refractivity contribution in [1.29, 1.82) is 5.26 Å². The monoisotopic (exact) mass is 268 g/mol. The lowest BCUT2D eigenvalue weighted by Crippen LogP contribution is -2.52. The molecule has 1 aromatic rings. The normalized spacial score (nSPS) is 37.9. The Morgan fingerprint density at radius 2 is 1.75 bits per heavy atom. The molecule has 0 atom stereocenters. The zero-order valence-electron chi connectivity index (χ0n) is 11.9. The molecule has 0 amide bonds. The minimum absolute atomic E-state index is 0.133. The molecule has 5 rings (SSSR count). The second kappa shape index (κ2) is 3.97. The van der Waals surface area contributed by atoms with Crippen LogP contribution in [0.3, 0.4) is 0 Å². The van der Waals surface area contributed by atoms with Crippen LogP contribution < -0.4 is 5.43 Å². The van der Waals surface area contributed by atoms with Gasteiger partial charge in [0.05, 0.1) is 0 Å². The lowest BCUT2D eigenvalue weighted by Gasteiger charge is -2.58. The van der Waals surface area contributed by atoms with Gasteiger partial charge < -0.3 is 4.57 Å². The number of nitrogens with zero attached hydrogens (tertiary/aromatic N) is 2. The third-order valence-corrected chi connectivity index (χ3v) is 5.88. The Kier molecular flexibility index (Phi) is 2.42. The fourth-order valence-electron chi connectivity index (χ4n) is 5.59. The van der Waals surface area contributed by atoms with Gasteiger partial charge in [-0.05, 0) is 63.2 Å². The first-order chi connectivity index (χ1) is 9.59. The Hall–Kier alpha value is -1.56. The summed E-state index contributed by atoms with van der Waals surface area (Å²) in [6.45, 7) is 2.02. The van der Waals surface area contributed by atoms with Gasteiger partial charge in [-0.15, -0.1) is 0 Å². The van der Waals surface area contributed by atoms with E-state index < -0.39 is 0 Å². The summed E-state index contributed by atoms with van der Waals surface area (Å²) in [5, 5.41) is 9.15. The largest absolute Gasteiger partial charge is 0.344 e. The van der Waals surface area contributed by atoms with Crippen molar-refractivity contribution in [3.63, 3.8) is 0 Å².